The van der Waals surface area contributed by atoms with Crippen molar-refractivity contribution in [2.45, 2.75) is 56.0 Å². The summed E-state index contributed by atoms with van der Waals surface area (Å²) in [4.78, 5) is -0.123. The van der Waals surface area contributed by atoms with E-state index < -0.39 is 15.7 Å². The van der Waals surface area contributed by atoms with E-state index >= 15 is 0 Å². The Balaban J connectivity index is 3.16. The predicted octanol–water partition coefficient (Wildman–Crippen LogP) is 1.88. The monoisotopic (exact) mass is 300 g/mol. The topological polar surface area (TPSA) is 106 Å². The molecule has 0 radical (unpaired) electrons. The Morgan fingerprint density at radius 2 is 1.55 bits per heavy atom. The molecule has 0 amide bonds. The van der Waals surface area contributed by atoms with E-state index in [1.807, 2.05) is 27.7 Å². The van der Waals surface area contributed by atoms with Crippen LogP contribution in [0.1, 0.15) is 45.6 Å². The average Bonchev–Trinajstić information content (AvgIpc) is 2.22. The van der Waals surface area contributed by atoms with E-state index in [1.165, 1.54) is 12.1 Å². The van der Waals surface area contributed by atoms with Gasteiger partial charge in [-0.3, -0.25) is 4.55 Å². The summed E-state index contributed by atoms with van der Waals surface area (Å²) < 4.78 is 31.1. The molecule has 1 unspecified atom stereocenters. The van der Waals surface area contributed by atoms with Gasteiger partial charge in [0, 0.05) is 17.0 Å². The maximum atomic E-state index is 11.1. The molecule has 5 nitrogen and oxygen atoms in total. The van der Waals surface area contributed by atoms with Crippen molar-refractivity contribution in [2.75, 3.05) is 0 Å². The number of hydrogen-bond donors (Lipinski definition) is 3. The fourth-order valence-electron chi connectivity index (χ4n) is 2.21. The van der Waals surface area contributed by atoms with Crippen LogP contribution >= 0.6 is 0 Å². The Morgan fingerprint density at radius 3 is 1.85 bits per heavy atom. The van der Waals surface area contributed by atoms with Crippen LogP contribution in [-0.2, 0) is 10.1 Å². The van der Waals surface area contributed by atoms with Crippen molar-refractivity contribution in [2.24, 2.45) is 11.5 Å². The van der Waals surface area contributed by atoms with Crippen molar-refractivity contribution in [1.82, 2.24) is 0 Å². The number of rotatable bonds is 5. The minimum atomic E-state index is -4.17. The minimum absolute atomic E-state index is 0.0158. The van der Waals surface area contributed by atoms with Crippen LogP contribution in [0.5, 0.6) is 0 Å². The van der Waals surface area contributed by atoms with Crippen molar-refractivity contribution in [3.8, 4) is 0 Å². The van der Waals surface area contributed by atoms with Crippen LogP contribution in [0.25, 0.3) is 0 Å². The summed E-state index contributed by atoms with van der Waals surface area (Å²) in [6.07, 6.45) is 0.668. The first kappa shape index (κ1) is 17.1. The van der Waals surface area contributed by atoms with Gasteiger partial charge < -0.3 is 11.5 Å². The zero-order chi connectivity index (χ0) is 15.8. The van der Waals surface area contributed by atoms with Gasteiger partial charge in [-0.1, -0.05) is 12.1 Å². The van der Waals surface area contributed by atoms with E-state index in [4.69, 9.17) is 16.0 Å². The molecule has 0 saturated carbocycles. The largest absolute Gasteiger partial charge is 0.326 e. The van der Waals surface area contributed by atoms with E-state index in [2.05, 4.69) is 0 Å². The van der Waals surface area contributed by atoms with Gasteiger partial charge in [-0.25, -0.2) is 0 Å². The second-order valence-corrected chi connectivity index (χ2v) is 8.03. The fourth-order valence-corrected chi connectivity index (χ4v) is 2.69. The quantitative estimate of drug-likeness (QED) is 0.720. The Morgan fingerprint density at radius 1 is 1.10 bits per heavy atom. The third-order valence-corrected chi connectivity index (χ3v) is 4.08. The Labute approximate surface area is 121 Å². The van der Waals surface area contributed by atoms with E-state index in [-0.39, 0.29) is 16.4 Å². The highest BCUT2D eigenvalue weighted by molar-refractivity contribution is 7.85. The first-order valence-electron chi connectivity index (χ1n) is 6.46. The Bertz CT molecular complexity index is 552. The molecule has 114 valence electrons. The Hall–Kier alpha value is -0.950. The summed E-state index contributed by atoms with van der Waals surface area (Å²) in [5, 5.41) is 0. The van der Waals surface area contributed by atoms with Crippen LogP contribution in [0.4, 0.5) is 0 Å². The molecule has 0 aromatic heterocycles. The molecule has 5 N–H and O–H groups in total. The van der Waals surface area contributed by atoms with Gasteiger partial charge in [0.2, 0.25) is 0 Å². The molecule has 0 aliphatic heterocycles. The summed E-state index contributed by atoms with van der Waals surface area (Å²) in [6, 6.07) is 6.11. The number of benzene rings is 1. The maximum Gasteiger partial charge on any atom is 0.294 e. The summed E-state index contributed by atoms with van der Waals surface area (Å²) >= 11 is 0. The van der Waals surface area contributed by atoms with E-state index in [0.717, 1.165) is 5.56 Å². The van der Waals surface area contributed by atoms with E-state index in [9.17, 15) is 8.42 Å². The molecular formula is C14H24N2O3S. The van der Waals surface area contributed by atoms with Crippen molar-refractivity contribution >= 4 is 10.1 Å². The van der Waals surface area contributed by atoms with Crippen LogP contribution in [0, 0.1) is 0 Å². The molecule has 0 saturated heterocycles. The lowest BCUT2D eigenvalue weighted by Crippen LogP contribution is -2.45. The Kier molecular flexibility index (Phi) is 4.65. The second kappa shape index (κ2) is 5.44. The lowest BCUT2D eigenvalue weighted by Gasteiger charge is -2.35. The SMILES string of the molecule is CC(C)(N)CC(c1ccc(S(=O)(=O)O)cc1)C(C)(C)N. The van der Waals surface area contributed by atoms with Crippen molar-refractivity contribution in [3.63, 3.8) is 0 Å². The van der Waals surface area contributed by atoms with Crippen molar-refractivity contribution in [1.29, 1.82) is 0 Å². The highest BCUT2D eigenvalue weighted by atomic mass is 32.2. The highest BCUT2D eigenvalue weighted by Crippen LogP contribution is 2.33. The summed E-state index contributed by atoms with van der Waals surface area (Å²) in [7, 11) is -4.17. The normalized spacial score (nSPS) is 15.2. The average molecular weight is 300 g/mol. The van der Waals surface area contributed by atoms with Gasteiger partial charge in [-0.15, -0.1) is 0 Å². The van der Waals surface area contributed by atoms with Gasteiger partial charge >= 0.3 is 0 Å². The summed E-state index contributed by atoms with van der Waals surface area (Å²) in [5.74, 6) is -0.0158. The predicted molar refractivity (Wildman–Crippen MR) is 80.1 cm³/mol. The fraction of sp³-hybridized carbons (Fsp3) is 0.571. The third-order valence-electron chi connectivity index (χ3n) is 3.21. The molecule has 0 heterocycles. The smallest absolute Gasteiger partial charge is 0.294 e. The number of nitrogens with two attached hydrogens (primary N) is 2. The molecule has 20 heavy (non-hydrogen) atoms. The third kappa shape index (κ3) is 4.86. The van der Waals surface area contributed by atoms with Gasteiger partial charge in [-0.05, 0) is 51.8 Å². The minimum Gasteiger partial charge on any atom is -0.326 e. The van der Waals surface area contributed by atoms with E-state index in [0.29, 0.717) is 6.42 Å². The van der Waals surface area contributed by atoms with Crippen LogP contribution in [0.2, 0.25) is 0 Å². The molecular weight excluding hydrogens is 276 g/mol. The molecule has 0 spiro atoms. The molecule has 0 aliphatic rings. The van der Waals surface area contributed by atoms with Crippen LogP contribution < -0.4 is 11.5 Å². The highest BCUT2D eigenvalue weighted by Gasteiger charge is 2.31. The zero-order valence-electron chi connectivity index (χ0n) is 12.4. The lowest BCUT2D eigenvalue weighted by atomic mass is 9.76. The molecule has 1 aromatic rings. The molecule has 0 aliphatic carbocycles. The summed E-state index contributed by atoms with van der Waals surface area (Å²) in [6.45, 7) is 7.69. The van der Waals surface area contributed by atoms with Gasteiger partial charge in [0.25, 0.3) is 10.1 Å². The standard InChI is InChI=1S/C14H24N2O3S/c1-13(2,15)9-12(14(3,4)16)10-5-7-11(8-6-10)20(17,18)19/h5-8,12H,9,15-16H2,1-4H3,(H,17,18,19). The first-order valence-corrected chi connectivity index (χ1v) is 7.90. The van der Waals surface area contributed by atoms with Crippen molar-refractivity contribution in [3.05, 3.63) is 29.8 Å². The lowest BCUT2D eigenvalue weighted by molar-refractivity contribution is 0.324. The van der Waals surface area contributed by atoms with Crippen LogP contribution in [0.3, 0.4) is 0 Å². The molecule has 1 atom stereocenters. The van der Waals surface area contributed by atoms with Gasteiger partial charge in [-0.2, -0.15) is 8.42 Å². The first-order chi connectivity index (χ1) is 8.81. The second-order valence-electron chi connectivity index (χ2n) is 6.61. The molecule has 1 rings (SSSR count). The number of hydrogen-bond acceptors (Lipinski definition) is 4. The molecule has 1 aromatic carbocycles. The van der Waals surface area contributed by atoms with Gasteiger partial charge in [0.1, 0.15) is 0 Å². The van der Waals surface area contributed by atoms with Crippen LogP contribution in [-0.4, -0.2) is 24.0 Å². The maximum absolute atomic E-state index is 11.1. The van der Waals surface area contributed by atoms with Gasteiger partial charge in [0.15, 0.2) is 0 Å². The molecule has 0 fully saturated rings. The molecule has 0 bridgehead atoms. The van der Waals surface area contributed by atoms with Crippen molar-refractivity contribution < 1.29 is 13.0 Å². The van der Waals surface area contributed by atoms with Gasteiger partial charge in [0.05, 0.1) is 4.90 Å². The summed E-state index contributed by atoms with van der Waals surface area (Å²) in [5.41, 5.74) is 12.3. The van der Waals surface area contributed by atoms with Crippen LogP contribution in [0.15, 0.2) is 29.2 Å². The molecule has 6 heteroatoms. The zero-order valence-corrected chi connectivity index (χ0v) is 13.2. The van der Waals surface area contributed by atoms with E-state index in [1.54, 1.807) is 12.1 Å².